The van der Waals surface area contributed by atoms with Gasteiger partial charge in [-0.25, -0.2) is 0 Å². The summed E-state index contributed by atoms with van der Waals surface area (Å²) >= 11 is 0. The smallest absolute Gasteiger partial charge is 0.0375 e. The summed E-state index contributed by atoms with van der Waals surface area (Å²) in [6.45, 7) is 9.48. The Morgan fingerprint density at radius 2 is 1.83 bits per heavy atom. The fraction of sp³-hybridized carbons (Fsp3) is 0.476. The molecule has 124 valence electrons. The number of nitrogens with two attached hydrogens (primary N) is 1. The number of aromatic nitrogens is 1. The van der Waals surface area contributed by atoms with Crippen LogP contribution in [0.1, 0.15) is 48.6 Å². The molecule has 0 aliphatic heterocycles. The summed E-state index contributed by atoms with van der Waals surface area (Å²) in [6, 6.07) is 8.79. The number of hydrogen-bond donors (Lipinski definition) is 1. The van der Waals surface area contributed by atoms with Gasteiger partial charge in [0.05, 0.1) is 0 Å². The largest absolute Gasteiger partial charge is 0.330 e. The summed E-state index contributed by atoms with van der Waals surface area (Å²) in [6.07, 6.45) is 6.85. The maximum Gasteiger partial charge on any atom is 0.0375 e. The van der Waals surface area contributed by atoms with Crippen LogP contribution < -0.4 is 5.73 Å². The van der Waals surface area contributed by atoms with Gasteiger partial charge in [-0.15, -0.1) is 0 Å². The normalized spacial score (nSPS) is 12.4. The monoisotopic (exact) mass is 310 g/mol. The lowest BCUT2D eigenvalue weighted by Gasteiger charge is -2.15. The van der Waals surface area contributed by atoms with Gasteiger partial charge < -0.3 is 5.73 Å². The van der Waals surface area contributed by atoms with E-state index in [-0.39, 0.29) is 0 Å². The van der Waals surface area contributed by atoms with Gasteiger partial charge in [0.1, 0.15) is 0 Å². The SMILES string of the molecule is Cc1cc(C)c(-c2cccc(C)c2CCCCC(C)CN)cn1. The van der Waals surface area contributed by atoms with E-state index in [1.165, 1.54) is 47.1 Å². The highest BCUT2D eigenvalue weighted by atomic mass is 14.7. The summed E-state index contributed by atoms with van der Waals surface area (Å²) in [5, 5.41) is 0. The molecule has 0 bridgehead atoms. The predicted octanol–water partition coefficient (Wildman–Crippen LogP) is 4.98. The van der Waals surface area contributed by atoms with Crippen LogP contribution in [0.15, 0.2) is 30.5 Å². The minimum absolute atomic E-state index is 0.634. The van der Waals surface area contributed by atoms with E-state index < -0.39 is 0 Å². The van der Waals surface area contributed by atoms with Gasteiger partial charge in [0, 0.05) is 17.5 Å². The van der Waals surface area contributed by atoms with E-state index in [0.717, 1.165) is 18.7 Å². The number of pyridine rings is 1. The van der Waals surface area contributed by atoms with Crippen LogP contribution in [0.25, 0.3) is 11.1 Å². The fourth-order valence-corrected chi connectivity index (χ4v) is 3.18. The van der Waals surface area contributed by atoms with E-state index >= 15 is 0 Å². The molecular weight excluding hydrogens is 280 g/mol. The molecule has 2 heteroatoms. The second-order valence-corrected chi connectivity index (χ2v) is 6.83. The fourth-order valence-electron chi connectivity index (χ4n) is 3.18. The molecule has 1 heterocycles. The maximum absolute atomic E-state index is 5.71. The van der Waals surface area contributed by atoms with Gasteiger partial charge in [-0.3, -0.25) is 4.98 Å². The van der Waals surface area contributed by atoms with Crippen LogP contribution in [-0.2, 0) is 6.42 Å². The second-order valence-electron chi connectivity index (χ2n) is 6.83. The highest BCUT2D eigenvalue weighted by Gasteiger charge is 2.11. The third-order valence-corrected chi connectivity index (χ3v) is 4.72. The van der Waals surface area contributed by atoms with Gasteiger partial charge in [0.15, 0.2) is 0 Å². The first-order chi connectivity index (χ1) is 11.0. The van der Waals surface area contributed by atoms with E-state index in [4.69, 9.17) is 5.73 Å². The quantitative estimate of drug-likeness (QED) is 0.732. The zero-order valence-electron chi connectivity index (χ0n) is 15.0. The van der Waals surface area contributed by atoms with Gasteiger partial charge >= 0.3 is 0 Å². The van der Waals surface area contributed by atoms with Crippen LogP contribution in [-0.4, -0.2) is 11.5 Å². The van der Waals surface area contributed by atoms with Crippen molar-refractivity contribution in [3.63, 3.8) is 0 Å². The van der Waals surface area contributed by atoms with Crippen molar-refractivity contribution >= 4 is 0 Å². The molecule has 2 N–H and O–H groups in total. The van der Waals surface area contributed by atoms with Gasteiger partial charge in [-0.2, -0.15) is 0 Å². The second kappa shape index (κ2) is 8.26. The number of rotatable bonds is 7. The van der Waals surface area contributed by atoms with Crippen molar-refractivity contribution in [3.8, 4) is 11.1 Å². The van der Waals surface area contributed by atoms with E-state index in [2.05, 4.69) is 50.0 Å². The summed E-state index contributed by atoms with van der Waals surface area (Å²) in [5.74, 6) is 0.634. The first-order valence-electron chi connectivity index (χ1n) is 8.75. The number of benzene rings is 1. The van der Waals surface area contributed by atoms with Crippen LogP contribution in [0.3, 0.4) is 0 Å². The van der Waals surface area contributed by atoms with Crippen LogP contribution in [0.5, 0.6) is 0 Å². The van der Waals surface area contributed by atoms with Crippen molar-refractivity contribution in [1.29, 1.82) is 0 Å². The molecule has 0 aliphatic rings. The lowest BCUT2D eigenvalue weighted by molar-refractivity contribution is 0.507. The molecule has 0 spiro atoms. The average Bonchev–Trinajstić information content (AvgIpc) is 2.52. The Morgan fingerprint density at radius 3 is 2.52 bits per heavy atom. The Kier molecular flexibility index (Phi) is 6.35. The Labute approximate surface area is 141 Å². The number of hydrogen-bond acceptors (Lipinski definition) is 2. The van der Waals surface area contributed by atoms with E-state index in [1.807, 2.05) is 13.1 Å². The first-order valence-corrected chi connectivity index (χ1v) is 8.75. The number of nitrogens with zero attached hydrogens (tertiary/aromatic N) is 1. The molecule has 0 fully saturated rings. The summed E-state index contributed by atoms with van der Waals surface area (Å²) in [4.78, 5) is 4.50. The lowest BCUT2D eigenvalue weighted by Crippen LogP contribution is -2.10. The Hall–Kier alpha value is -1.67. The maximum atomic E-state index is 5.71. The van der Waals surface area contributed by atoms with Crippen LogP contribution in [0.2, 0.25) is 0 Å². The lowest BCUT2D eigenvalue weighted by atomic mass is 9.90. The molecule has 0 amide bonds. The van der Waals surface area contributed by atoms with Crippen LogP contribution >= 0.6 is 0 Å². The highest BCUT2D eigenvalue weighted by Crippen LogP contribution is 2.30. The van der Waals surface area contributed by atoms with E-state index in [0.29, 0.717) is 5.92 Å². The average molecular weight is 310 g/mol. The van der Waals surface area contributed by atoms with Gasteiger partial charge in [-0.05, 0) is 80.8 Å². The molecule has 2 nitrogen and oxygen atoms in total. The Morgan fingerprint density at radius 1 is 1.04 bits per heavy atom. The first kappa shape index (κ1) is 17.7. The van der Waals surface area contributed by atoms with Gasteiger partial charge in [-0.1, -0.05) is 31.5 Å². The summed E-state index contributed by atoms with van der Waals surface area (Å²) in [5.41, 5.74) is 13.6. The number of aryl methyl sites for hydroxylation is 3. The van der Waals surface area contributed by atoms with E-state index in [9.17, 15) is 0 Å². The predicted molar refractivity (Wildman–Crippen MR) is 99.7 cm³/mol. The minimum Gasteiger partial charge on any atom is -0.330 e. The number of unbranched alkanes of at least 4 members (excludes halogenated alkanes) is 1. The highest BCUT2D eigenvalue weighted by molar-refractivity contribution is 5.71. The molecule has 23 heavy (non-hydrogen) atoms. The van der Waals surface area contributed by atoms with Crippen molar-refractivity contribution in [1.82, 2.24) is 4.98 Å². The Balaban J connectivity index is 2.19. The zero-order valence-corrected chi connectivity index (χ0v) is 15.0. The molecule has 1 aromatic heterocycles. The molecule has 1 aromatic carbocycles. The minimum atomic E-state index is 0.634. The standard InChI is InChI=1S/C21H30N2/c1-15(13-22)8-5-6-10-19-16(2)9-7-11-20(19)21-14-23-18(4)12-17(21)3/h7,9,11-12,14-15H,5-6,8,10,13,22H2,1-4H3. The molecule has 1 unspecified atom stereocenters. The third kappa shape index (κ3) is 4.65. The third-order valence-electron chi connectivity index (χ3n) is 4.72. The molecule has 2 rings (SSSR count). The topological polar surface area (TPSA) is 38.9 Å². The van der Waals surface area contributed by atoms with Crippen molar-refractivity contribution < 1.29 is 0 Å². The molecule has 0 aliphatic carbocycles. The van der Waals surface area contributed by atoms with Crippen molar-refractivity contribution in [3.05, 3.63) is 52.8 Å². The van der Waals surface area contributed by atoms with Gasteiger partial charge in [0.2, 0.25) is 0 Å². The zero-order chi connectivity index (χ0) is 16.8. The molecule has 1 atom stereocenters. The molecule has 0 radical (unpaired) electrons. The van der Waals surface area contributed by atoms with Crippen LogP contribution in [0, 0.1) is 26.7 Å². The van der Waals surface area contributed by atoms with Crippen molar-refractivity contribution in [2.24, 2.45) is 11.7 Å². The van der Waals surface area contributed by atoms with Gasteiger partial charge in [0.25, 0.3) is 0 Å². The van der Waals surface area contributed by atoms with E-state index in [1.54, 1.807) is 0 Å². The van der Waals surface area contributed by atoms with Crippen molar-refractivity contribution in [2.45, 2.75) is 53.4 Å². The van der Waals surface area contributed by atoms with Crippen molar-refractivity contribution in [2.75, 3.05) is 6.54 Å². The molecule has 0 saturated heterocycles. The van der Waals surface area contributed by atoms with Crippen LogP contribution in [0.4, 0.5) is 0 Å². The molecular formula is C21H30N2. The Bertz CT molecular complexity index is 646. The summed E-state index contributed by atoms with van der Waals surface area (Å²) in [7, 11) is 0. The molecule has 0 saturated carbocycles. The molecule has 2 aromatic rings. The summed E-state index contributed by atoms with van der Waals surface area (Å²) < 4.78 is 0.